The quantitative estimate of drug-likeness (QED) is 0.740. The van der Waals surface area contributed by atoms with Crippen molar-refractivity contribution in [1.82, 2.24) is 4.98 Å². The molecular formula is C13H16Cl2N6O. The van der Waals surface area contributed by atoms with Crippen molar-refractivity contribution in [1.29, 1.82) is 0 Å². The topological polar surface area (TPSA) is 119 Å². The Morgan fingerprint density at radius 2 is 1.77 bits per heavy atom. The van der Waals surface area contributed by atoms with Gasteiger partial charge in [-0.15, -0.1) is 29.9 Å². The zero-order valence-corrected chi connectivity index (χ0v) is 13.1. The molecule has 1 aromatic carbocycles. The minimum absolute atomic E-state index is 0. The zero-order chi connectivity index (χ0) is 14.4. The second kappa shape index (κ2) is 9.67. The summed E-state index contributed by atoms with van der Waals surface area (Å²) >= 11 is 0. The first-order valence-corrected chi connectivity index (χ1v) is 5.92. The van der Waals surface area contributed by atoms with Gasteiger partial charge in [-0.2, -0.15) is 5.11 Å². The number of aromatic nitrogens is 1. The lowest BCUT2D eigenvalue weighted by Gasteiger charge is -2.04. The number of azo groups is 1. The van der Waals surface area contributed by atoms with Gasteiger partial charge in [-0.05, 0) is 24.3 Å². The lowest BCUT2D eigenvalue weighted by atomic mass is 10.3. The predicted molar refractivity (Wildman–Crippen MR) is 91.4 cm³/mol. The molecule has 0 radical (unpaired) electrons. The van der Waals surface area contributed by atoms with Gasteiger partial charge in [0.1, 0.15) is 11.5 Å². The van der Waals surface area contributed by atoms with Crippen molar-refractivity contribution in [2.45, 2.75) is 0 Å². The third-order valence-electron chi connectivity index (χ3n) is 2.38. The van der Waals surface area contributed by atoms with Gasteiger partial charge in [0.2, 0.25) is 5.91 Å². The van der Waals surface area contributed by atoms with Crippen molar-refractivity contribution in [3.8, 4) is 0 Å². The van der Waals surface area contributed by atoms with Crippen LogP contribution in [-0.4, -0.2) is 17.4 Å². The number of carbonyl (C=O) groups is 1. The minimum Gasteiger partial charge on any atom is -0.382 e. The zero-order valence-electron chi connectivity index (χ0n) is 11.5. The third kappa shape index (κ3) is 5.65. The van der Waals surface area contributed by atoms with Crippen LogP contribution in [0.15, 0.2) is 52.7 Å². The van der Waals surface area contributed by atoms with Crippen molar-refractivity contribution in [2.24, 2.45) is 16.0 Å². The molecule has 0 spiro atoms. The fraction of sp³-hybridized carbons (Fsp3) is 0.0769. The Kier molecular flexibility index (Phi) is 8.69. The molecule has 1 amide bonds. The van der Waals surface area contributed by atoms with E-state index in [9.17, 15) is 4.79 Å². The lowest BCUT2D eigenvalue weighted by Crippen LogP contribution is -2.22. The first-order chi connectivity index (χ1) is 9.69. The van der Waals surface area contributed by atoms with Crippen molar-refractivity contribution in [3.63, 3.8) is 0 Å². The maximum Gasteiger partial charge on any atom is 0.239 e. The van der Waals surface area contributed by atoms with Gasteiger partial charge < -0.3 is 16.8 Å². The number of nitrogens with two attached hydrogens (primary N) is 2. The molecule has 2 aromatic rings. The van der Waals surface area contributed by atoms with Gasteiger partial charge in [-0.25, -0.2) is 4.98 Å². The van der Waals surface area contributed by atoms with Crippen molar-refractivity contribution < 1.29 is 4.79 Å². The van der Waals surface area contributed by atoms with E-state index < -0.39 is 0 Å². The molecule has 1 heterocycles. The van der Waals surface area contributed by atoms with Crippen LogP contribution in [0.2, 0.25) is 0 Å². The van der Waals surface area contributed by atoms with Gasteiger partial charge in [-0.3, -0.25) is 4.79 Å². The molecule has 0 saturated heterocycles. The number of nitrogens with zero attached hydrogens (tertiary/aromatic N) is 3. The molecular weight excluding hydrogens is 327 g/mol. The van der Waals surface area contributed by atoms with E-state index in [1.54, 1.807) is 12.1 Å². The van der Waals surface area contributed by atoms with E-state index in [0.29, 0.717) is 17.2 Å². The highest BCUT2D eigenvalue weighted by molar-refractivity contribution is 5.91. The van der Waals surface area contributed by atoms with Crippen molar-refractivity contribution in [3.05, 3.63) is 42.5 Å². The molecule has 5 N–H and O–H groups in total. The van der Waals surface area contributed by atoms with Crippen LogP contribution in [0.25, 0.3) is 0 Å². The molecule has 0 unspecified atom stereocenters. The molecule has 7 nitrogen and oxygen atoms in total. The largest absolute Gasteiger partial charge is 0.382 e. The Morgan fingerprint density at radius 3 is 2.36 bits per heavy atom. The first kappa shape index (κ1) is 19.8. The SMILES string of the molecule is Cl.Cl.NCC(=O)Nc1ccc(/N=N/c2ccccc2)c(N)n1. The smallest absolute Gasteiger partial charge is 0.239 e. The van der Waals surface area contributed by atoms with E-state index >= 15 is 0 Å². The van der Waals surface area contributed by atoms with Gasteiger partial charge in [0.25, 0.3) is 0 Å². The normalized spacial score (nSPS) is 9.68. The number of hydrogen-bond donors (Lipinski definition) is 3. The predicted octanol–water partition coefficient (Wildman–Crippen LogP) is 2.82. The summed E-state index contributed by atoms with van der Waals surface area (Å²) in [5.41, 5.74) is 12.1. The summed E-state index contributed by atoms with van der Waals surface area (Å²) in [7, 11) is 0. The van der Waals surface area contributed by atoms with Gasteiger partial charge in [0, 0.05) is 0 Å². The standard InChI is InChI=1S/C13H14N6O.2ClH/c14-8-12(20)16-11-7-6-10(13(15)17-11)19-18-9-4-2-1-3-5-9;;/h1-7H,8,14H2,(H3,15,16,17,20);2*1H/b19-18+;;. The van der Waals surface area contributed by atoms with Crippen LogP contribution in [-0.2, 0) is 4.79 Å². The van der Waals surface area contributed by atoms with Crippen molar-refractivity contribution in [2.75, 3.05) is 17.6 Å². The number of nitrogen functional groups attached to an aromatic ring is 1. The highest BCUT2D eigenvalue weighted by Crippen LogP contribution is 2.24. The van der Waals surface area contributed by atoms with Crippen LogP contribution >= 0.6 is 24.8 Å². The number of rotatable bonds is 4. The van der Waals surface area contributed by atoms with E-state index in [1.807, 2.05) is 30.3 Å². The third-order valence-corrected chi connectivity index (χ3v) is 2.38. The number of hydrogen-bond acceptors (Lipinski definition) is 6. The van der Waals surface area contributed by atoms with Crippen LogP contribution in [0, 0.1) is 0 Å². The van der Waals surface area contributed by atoms with E-state index in [-0.39, 0.29) is 43.1 Å². The van der Waals surface area contributed by atoms with Crippen LogP contribution in [0.4, 0.5) is 23.0 Å². The Balaban J connectivity index is 0.00000220. The lowest BCUT2D eigenvalue weighted by molar-refractivity contribution is -0.114. The molecule has 2 rings (SSSR count). The minimum atomic E-state index is -0.337. The Hall–Kier alpha value is -2.22. The van der Waals surface area contributed by atoms with Gasteiger partial charge >= 0.3 is 0 Å². The second-order valence-electron chi connectivity index (χ2n) is 3.89. The highest BCUT2D eigenvalue weighted by Gasteiger charge is 2.04. The summed E-state index contributed by atoms with van der Waals surface area (Å²) in [6, 6.07) is 12.5. The molecule has 0 bridgehead atoms. The summed E-state index contributed by atoms with van der Waals surface area (Å²) < 4.78 is 0. The van der Waals surface area contributed by atoms with Crippen LogP contribution < -0.4 is 16.8 Å². The molecule has 118 valence electrons. The van der Waals surface area contributed by atoms with E-state index in [4.69, 9.17) is 11.5 Å². The van der Waals surface area contributed by atoms with Gasteiger partial charge in [0.15, 0.2) is 5.82 Å². The molecule has 0 aliphatic carbocycles. The number of anilines is 2. The maximum atomic E-state index is 11.1. The molecule has 0 saturated carbocycles. The van der Waals surface area contributed by atoms with E-state index in [0.717, 1.165) is 0 Å². The Bertz CT molecular complexity index is 636. The molecule has 1 aromatic heterocycles. The van der Waals surface area contributed by atoms with E-state index in [1.165, 1.54) is 0 Å². The van der Waals surface area contributed by atoms with Crippen LogP contribution in [0.5, 0.6) is 0 Å². The van der Waals surface area contributed by atoms with Gasteiger partial charge in [0.05, 0.1) is 12.2 Å². The molecule has 22 heavy (non-hydrogen) atoms. The summed E-state index contributed by atoms with van der Waals surface area (Å²) in [5, 5.41) is 10.6. The van der Waals surface area contributed by atoms with Crippen LogP contribution in [0.3, 0.4) is 0 Å². The maximum absolute atomic E-state index is 11.1. The summed E-state index contributed by atoms with van der Waals surface area (Å²) in [4.78, 5) is 15.1. The summed E-state index contributed by atoms with van der Waals surface area (Å²) in [6.45, 7) is -0.114. The number of benzene rings is 1. The number of nitrogens with one attached hydrogen (secondary N) is 1. The van der Waals surface area contributed by atoms with Crippen LogP contribution in [0.1, 0.15) is 0 Å². The summed E-state index contributed by atoms with van der Waals surface area (Å²) in [5.74, 6) is 0.173. The fourth-order valence-corrected chi connectivity index (χ4v) is 1.42. The summed E-state index contributed by atoms with van der Waals surface area (Å²) in [6.07, 6.45) is 0. The Labute approximate surface area is 140 Å². The highest BCUT2D eigenvalue weighted by atomic mass is 35.5. The van der Waals surface area contributed by atoms with Crippen molar-refractivity contribution >= 4 is 53.7 Å². The monoisotopic (exact) mass is 342 g/mol. The molecule has 0 aliphatic heterocycles. The second-order valence-corrected chi connectivity index (χ2v) is 3.89. The Morgan fingerprint density at radius 1 is 1.09 bits per heavy atom. The molecule has 0 atom stereocenters. The van der Waals surface area contributed by atoms with Gasteiger partial charge in [-0.1, -0.05) is 18.2 Å². The number of amides is 1. The molecule has 0 aliphatic rings. The average molecular weight is 343 g/mol. The average Bonchev–Trinajstić information content (AvgIpc) is 2.47. The first-order valence-electron chi connectivity index (χ1n) is 5.92. The molecule has 0 fully saturated rings. The number of carbonyl (C=O) groups excluding carboxylic acids is 1. The number of pyridine rings is 1. The fourth-order valence-electron chi connectivity index (χ4n) is 1.42. The molecule has 9 heteroatoms. The van der Waals surface area contributed by atoms with E-state index in [2.05, 4.69) is 20.5 Å². The number of halogens is 2.